The standard InChI is InChI=1S/C20H22N4O2S/c1-4-17-24-18(12-5-6-12)19(27-17)14-9-10-21-20(22-14)23-15-11-13(25-2)7-8-16(15)26-3/h7-12H,4-6H2,1-3H3,(H,21,22,23). The number of benzene rings is 1. The number of ether oxygens (including phenoxy) is 2. The van der Waals surface area contributed by atoms with E-state index in [1.165, 1.54) is 18.5 Å². The summed E-state index contributed by atoms with van der Waals surface area (Å²) in [5.41, 5.74) is 2.86. The number of rotatable bonds is 7. The van der Waals surface area contributed by atoms with E-state index in [2.05, 4.69) is 17.2 Å². The van der Waals surface area contributed by atoms with Gasteiger partial charge in [-0.2, -0.15) is 0 Å². The predicted octanol–water partition coefficient (Wildman–Crippen LogP) is 4.80. The van der Waals surface area contributed by atoms with Gasteiger partial charge in [-0.05, 0) is 37.5 Å². The molecule has 0 amide bonds. The van der Waals surface area contributed by atoms with Crippen LogP contribution in [0.15, 0.2) is 30.5 Å². The number of nitrogens with one attached hydrogen (secondary N) is 1. The van der Waals surface area contributed by atoms with Gasteiger partial charge in [0.05, 0.1) is 41.2 Å². The minimum Gasteiger partial charge on any atom is -0.497 e. The van der Waals surface area contributed by atoms with Crippen molar-refractivity contribution in [3.8, 4) is 22.1 Å². The lowest BCUT2D eigenvalue weighted by Gasteiger charge is -2.12. The van der Waals surface area contributed by atoms with E-state index < -0.39 is 0 Å². The fourth-order valence-electron chi connectivity index (χ4n) is 2.92. The number of nitrogens with zero attached hydrogens (tertiary/aromatic N) is 3. The van der Waals surface area contributed by atoms with Crippen molar-refractivity contribution in [3.05, 3.63) is 41.2 Å². The monoisotopic (exact) mass is 382 g/mol. The maximum absolute atomic E-state index is 5.43. The molecule has 0 spiro atoms. The Kier molecular flexibility index (Phi) is 4.94. The molecule has 3 aromatic rings. The Morgan fingerprint density at radius 2 is 2.00 bits per heavy atom. The van der Waals surface area contributed by atoms with Gasteiger partial charge in [-0.15, -0.1) is 11.3 Å². The highest BCUT2D eigenvalue weighted by atomic mass is 32.1. The van der Waals surface area contributed by atoms with Crippen LogP contribution in [0.25, 0.3) is 10.6 Å². The predicted molar refractivity (Wildman–Crippen MR) is 107 cm³/mol. The molecule has 0 radical (unpaired) electrons. The number of aromatic nitrogens is 3. The molecule has 27 heavy (non-hydrogen) atoms. The molecule has 1 fully saturated rings. The maximum Gasteiger partial charge on any atom is 0.227 e. The number of hydrogen-bond donors (Lipinski definition) is 1. The van der Waals surface area contributed by atoms with Gasteiger partial charge in [-0.3, -0.25) is 0 Å². The van der Waals surface area contributed by atoms with Crippen molar-refractivity contribution in [2.75, 3.05) is 19.5 Å². The van der Waals surface area contributed by atoms with Crippen molar-refractivity contribution >= 4 is 23.0 Å². The largest absolute Gasteiger partial charge is 0.497 e. The van der Waals surface area contributed by atoms with Crippen molar-refractivity contribution in [2.45, 2.75) is 32.1 Å². The Hall–Kier alpha value is -2.67. The topological polar surface area (TPSA) is 69.2 Å². The molecule has 1 aliphatic rings. The molecule has 6 nitrogen and oxygen atoms in total. The molecule has 1 N–H and O–H groups in total. The van der Waals surface area contributed by atoms with Crippen LogP contribution >= 0.6 is 11.3 Å². The van der Waals surface area contributed by atoms with Crippen LogP contribution in [-0.2, 0) is 6.42 Å². The Bertz CT molecular complexity index is 953. The third kappa shape index (κ3) is 3.73. The van der Waals surface area contributed by atoms with Crippen molar-refractivity contribution < 1.29 is 9.47 Å². The van der Waals surface area contributed by atoms with Gasteiger partial charge in [0, 0.05) is 18.2 Å². The van der Waals surface area contributed by atoms with Crippen LogP contribution in [0.4, 0.5) is 11.6 Å². The molecule has 0 bridgehead atoms. The highest BCUT2D eigenvalue weighted by Crippen LogP contribution is 2.46. The molecule has 2 aromatic heterocycles. The lowest BCUT2D eigenvalue weighted by molar-refractivity contribution is 0.405. The van der Waals surface area contributed by atoms with Crippen molar-refractivity contribution in [1.82, 2.24) is 15.0 Å². The molecule has 0 atom stereocenters. The van der Waals surface area contributed by atoms with E-state index in [0.717, 1.165) is 33.4 Å². The van der Waals surface area contributed by atoms with E-state index >= 15 is 0 Å². The number of aryl methyl sites for hydroxylation is 1. The number of methoxy groups -OCH3 is 2. The second kappa shape index (κ2) is 7.52. The Morgan fingerprint density at radius 1 is 1.15 bits per heavy atom. The van der Waals surface area contributed by atoms with E-state index in [9.17, 15) is 0 Å². The smallest absolute Gasteiger partial charge is 0.227 e. The van der Waals surface area contributed by atoms with Gasteiger partial charge in [0.15, 0.2) is 0 Å². The minimum atomic E-state index is 0.521. The van der Waals surface area contributed by atoms with Crippen LogP contribution in [0.1, 0.15) is 36.4 Å². The molecule has 0 aliphatic heterocycles. The Labute approximate surface area is 162 Å². The maximum atomic E-state index is 5.43. The van der Waals surface area contributed by atoms with E-state index in [-0.39, 0.29) is 0 Å². The van der Waals surface area contributed by atoms with Crippen molar-refractivity contribution in [3.63, 3.8) is 0 Å². The average molecular weight is 382 g/mol. The lowest BCUT2D eigenvalue weighted by atomic mass is 10.2. The normalized spacial score (nSPS) is 13.4. The number of anilines is 2. The van der Waals surface area contributed by atoms with Crippen LogP contribution in [0, 0.1) is 0 Å². The summed E-state index contributed by atoms with van der Waals surface area (Å²) in [6.07, 6.45) is 5.16. The quantitative estimate of drug-likeness (QED) is 0.633. The zero-order valence-electron chi connectivity index (χ0n) is 15.7. The van der Waals surface area contributed by atoms with E-state index in [1.54, 1.807) is 31.8 Å². The highest BCUT2D eigenvalue weighted by molar-refractivity contribution is 7.15. The van der Waals surface area contributed by atoms with Gasteiger partial charge < -0.3 is 14.8 Å². The van der Waals surface area contributed by atoms with Gasteiger partial charge in [0.25, 0.3) is 0 Å². The molecule has 1 aromatic carbocycles. The Balaban J connectivity index is 1.67. The molecule has 1 saturated carbocycles. The second-order valence-corrected chi connectivity index (χ2v) is 7.49. The molecular weight excluding hydrogens is 360 g/mol. The highest BCUT2D eigenvalue weighted by Gasteiger charge is 2.30. The lowest BCUT2D eigenvalue weighted by Crippen LogP contribution is -2.00. The average Bonchev–Trinajstić information content (AvgIpc) is 3.46. The van der Waals surface area contributed by atoms with Crippen molar-refractivity contribution in [2.24, 2.45) is 0 Å². The zero-order chi connectivity index (χ0) is 18.8. The van der Waals surface area contributed by atoms with E-state index in [1.807, 2.05) is 24.3 Å². The van der Waals surface area contributed by atoms with Gasteiger partial charge in [-0.1, -0.05) is 6.92 Å². The molecular formula is C20H22N4O2S. The molecule has 1 aliphatic carbocycles. The van der Waals surface area contributed by atoms with Crippen LogP contribution in [0.2, 0.25) is 0 Å². The van der Waals surface area contributed by atoms with Crippen LogP contribution in [0.3, 0.4) is 0 Å². The van der Waals surface area contributed by atoms with Crippen molar-refractivity contribution in [1.29, 1.82) is 0 Å². The molecule has 140 valence electrons. The summed E-state index contributed by atoms with van der Waals surface area (Å²) in [6, 6.07) is 7.53. The molecule has 0 saturated heterocycles. The van der Waals surface area contributed by atoms with Crippen LogP contribution in [0.5, 0.6) is 11.5 Å². The summed E-state index contributed by atoms with van der Waals surface area (Å²) in [5.74, 6) is 2.55. The zero-order valence-corrected chi connectivity index (χ0v) is 16.5. The molecule has 7 heteroatoms. The van der Waals surface area contributed by atoms with E-state index in [4.69, 9.17) is 19.4 Å². The summed E-state index contributed by atoms with van der Waals surface area (Å²) in [7, 11) is 3.27. The first kappa shape index (κ1) is 17.7. The van der Waals surface area contributed by atoms with Gasteiger partial charge in [0.2, 0.25) is 5.95 Å². The summed E-state index contributed by atoms with van der Waals surface area (Å²) in [4.78, 5) is 15.1. The first-order chi connectivity index (χ1) is 13.2. The number of hydrogen-bond acceptors (Lipinski definition) is 7. The summed E-state index contributed by atoms with van der Waals surface area (Å²) < 4.78 is 10.7. The van der Waals surface area contributed by atoms with Gasteiger partial charge in [-0.25, -0.2) is 15.0 Å². The second-order valence-electron chi connectivity index (χ2n) is 6.41. The molecule has 4 rings (SSSR count). The van der Waals surface area contributed by atoms with Crippen LogP contribution < -0.4 is 14.8 Å². The summed E-state index contributed by atoms with van der Waals surface area (Å²) in [6.45, 7) is 2.14. The first-order valence-corrected chi connectivity index (χ1v) is 9.85. The molecule has 2 heterocycles. The van der Waals surface area contributed by atoms with E-state index in [0.29, 0.717) is 17.6 Å². The van der Waals surface area contributed by atoms with Crippen LogP contribution in [-0.4, -0.2) is 29.2 Å². The third-order valence-electron chi connectivity index (χ3n) is 4.51. The Morgan fingerprint density at radius 3 is 2.70 bits per heavy atom. The number of thiazole rings is 1. The van der Waals surface area contributed by atoms with Gasteiger partial charge in [0.1, 0.15) is 11.5 Å². The SMILES string of the molecule is CCc1nc(C2CC2)c(-c2ccnc(Nc3cc(OC)ccc3OC)n2)s1. The molecule has 0 unspecified atom stereocenters. The fraction of sp³-hybridized carbons (Fsp3) is 0.350. The van der Waals surface area contributed by atoms with Gasteiger partial charge >= 0.3 is 0 Å². The third-order valence-corrected chi connectivity index (χ3v) is 5.74. The minimum absolute atomic E-state index is 0.521. The first-order valence-electron chi connectivity index (χ1n) is 9.04. The summed E-state index contributed by atoms with van der Waals surface area (Å²) in [5, 5.41) is 4.41. The summed E-state index contributed by atoms with van der Waals surface area (Å²) >= 11 is 1.74. The fourth-order valence-corrected chi connectivity index (χ4v) is 3.98.